The van der Waals surface area contributed by atoms with Gasteiger partial charge in [0.15, 0.2) is 17.4 Å². The van der Waals surface area contributed by atoms with E-state index in [-0.39, 0.29) is 12.4 Å². The molecule has 0 spiro atoms. The summed E-state index contributed by atoms with van der Waals surface area (Å²) in [6, 6.07) is 4.74. The predicted molar refractivity (Wildman–Crippen MR) is 147 cm³/mol. The lowest BCUT2D eigenvalue weighted by atomic mass is 10.1. The third-order valence-electron chi connectivity index (χ3n) is 6.77. The van der Waals surface area contributed by atoms with Crippen LogP contribution in [0, 0.1) is 5.82 Å². The lowest BCUT2D eigenvalue weighted by Crippen LogP contribution is -2.08. The number of hydrogen-bond donors (Lipinski definition) is 0. The summed E-state index contributed by atoms with van der Waals surface area (Å²) in [5.74, 6) is 0.184. The van der Waals surface area contributed by atoms with Gasteiger partial charge in [0.25, 0.3) is 0 Å². The third kappa shape index (κ3) is 12.8. The first-order valence-electron chi connectivity index (χ1n) is 14.5. The van der Waals surface area contributed by atoms with Crippen molar-refractivity contribution in [3.8, 4) is 17.1 Å². The Morgan fingerprint density at radius 1 is 0.750 bits per heavy atom. The van der Waals surface area contributed by atoms with E-state index in [2.05, 4.69) is 23.8 Å². The van der Waals surface area contributed by atoms with Crippen LogP contribution < -0.4 is 4.74 Å². The standard InChI is InChI=1S/C31H48F2N2O/c1-3-5-7-9-10-11-12-14-15-17-26-24-34-31(35-25-26)27-19-20-30(29(33)23-27)36-22-21-28(32)18-16-13-8-6-4-2/h19-20,23-25,28H,3-18,21-22H2,1-2H3. The van der Waals surface area contributed by atoms with Gasteiger partial charge in [-0.1, -0.05) is 97.3 Å². The molecule has 0 amide bonds. The maximum absolute atomic E-state index is 14.5. The summed E-state index contributed by atoms with van der Waals surface area (Å²) in [6.07, 6.45) is 22.0. The highest BCUT2D eigenvalue weighted by molar-refractivity contribution is 5.56. The van der Waals surface area contributed by atoms with Crippen LogP contribution in [0.1, 0.15) is 122 Å². The van der Waals surface area contributed by atoms with Crippen molar-refractivity contribution in [1.82, 2.24) is 9.97 Å². The lowest BCUT2D eigenvalue weighted by Gasteiger charge is -2.11. The van der Waals surface area contributed by atoms with Crippen molar-refractivity contribution in [2.24, 2.45) is 0 Å². The monoisotopic (exact) mass is 502 g/mol. The van der Waals surface area contributed by atoms with E-state index in [4.69, 9.17) is 4.74 Å². The average molecular weight is 503 g/mol. The highest BCUT2D eigenvalue weighted by atomic mass is 19.1. The maximum atomic E-state index is 14.5. The van der Waals surface area contributed by atoms with Gasteiger partial charge in [0.05, 0.1) is 6.61 Å². The molecule has 0 saturated heterocycles. The van der Waals surface area contributed by atoms with Gasteiger partial charge in [0.2, 0.25) is 0 Å². The molecule has 1 heterocycles. The minimum atomic E-state index is -0.892. The fourth-order valence-corrected chi connectivity index (χ4v) is 4.44. The second-order valence-electron chi connectivity index (χ2n) is 10.1. The van der Waals surface area contributed by atoms with Crippen LogP contribution in [0.2, 0.25) is 0 Å². The van der Waals surface area contributed by atoms with Crippen LogP contribution in [0.15, 0.2) is 30.6 Å². The van der Waals surface area contributed by atoms with E-state index in [0.717, 1.165) is 31.2 Å². The molecule has 2 aromatic rings. The molecule has 0 radical (unpaired) electrons. The van der Waals surface area contributed by atoms with E-state index in [1.54, 1.807) is 12.1 Å². The van der Waals surface area contributed by atoms with Gasteiger partial charge in [-0.25, -0.2) is 18.7 Å². The average Bonchev–Trinajstić information content (AvgIpc) is 2.89. The Hall–Kier alpha value is -2.04. The molecule has 36 heavy (non-hydrogen) atoms. The number of aromatic nitrogens is 2. The minimum absolute atomic E-state index is 0.149. The Kier molecular flexibility index (Phi) is 16.0. The van der Waals surface area contributed by atoms with Crippen LogP contribution in [0.25, 0.3) is 11.4 Å². The van der Waals surface area contributed by atoms with Gasteiger partial charge >= 0.3 is 0 Å². The molecule has 0 bridgehead atoms. The normalized spacial score (nSPS) is 12.1. The molecular formula is C31H48F2N2O. The first kappa shape index (κ1) is 30.2. The number of halogens is 2. The first-order valence-corrected chi connectivity index (χ1v) is 14.5. The summed E-state index contributed by atoms with van der Waals surface area (Å²) >= 11 is 0. The number of unbranched alkanes of at least 4 members (excludes halogenated alkanes) is 12. The largest absolute Gasteiger partial charge is 0.490 e. The molecule has 2 rings (SSSR count). The van der Waals surface area contributed by atoms with Gasteiger partial charge in [0, 0.05) is 24.4 Å². The smallest absolute Gasteiger partial charge is 0.165 e. The molecule has 3 nitrogen and oxygen atoms in total. The number of ether oxygens (including phenoxy) is 1. The van der Waals surface area contributed by atoms with E-state index in [9.17, 15) is 8.78 Å². The van der Waals surface area contributed by atoms with E-state index < -0.39 is 12.0 Å². The molecule has 5 heteroatoms. The molecule has 1 aromatic heterocycles. The molecule has 0 saturated carbocycles. The summed E-state index contributed by atoms with van der Waals surface area (Å²) in [4.78, 5) is 8.88. The van der Waals surface area contributed by atoms with E-state index in [0.29, 0.717) is 24.2 Å². The summed E-state index contributed by atoms with van der Waals surface area (Å²) in [5, 5.41) is 0. The molecule has 202 valence electrons. The summed E-state index contributed by atoms with van der Waals surface area (Å²) in [5.41, 5.74) is 1.73. The van der Waals surface area contributed by atoms with Crippen LogP contribution in [-0.2, 0) is 6.42 Å². The maximum Gasteiger partial charge on any atom is 0.165 e. The second-order valence-corrected chi connectivity index (χ2v) is 10.1. The van der Waals surface area contributed by atoms with Gasteiger partial charge in [-0.05, 0) is 43.0 Å². The molecule has 0 aliphatic heterocycles. The summed E-state index contributed by atoms with van der Waals surface area (Å²) < 4.78 is 34.1. The molecule has 1 unspecified atom stereocenters. The number of benzene rings is 1. The van der Waals surface area contributed by atoms with E-state index >= 15 is 0 Å². The molecular weight excluding hydrogens is 454 g/mol. The Morgan fingerprint density at radius 3 is 1.94 bits per heavy atom. The van der Waals surface area contributed by atoms with Crippen molar-refractivity contribution in [2.45, 2.75) is 129 Å². The Labute approximate surface area is 218 Å². The zero-order chi connectivity index (χ0) is 25.8. The summed E-state index contributed by atoms with van der Waals surface area (Å²) in [7, 11) is 0. The van der Waals surface area contributed by atoms with Crippen molar-refractivity contribution in [2.75, 3.05) is 6.61 Å². The van der Waals surface area contributed by atoms with Gasteiger partial charge in [-0.3, -0.25) is 0 Å². The quantitative estimate of drug-likeness (QED) is 0.159. The Bertz CT molecular complexity index is 813. The number of nitrogens with zero attached hydrogens (tertiary/aromatic N) is 2. The zero-order valence-corrected chi connectivity index (χ0v) is 22.8. The SMILES string of the molecule is CCCCCCCCCCCc1cnc(-c2ccc(OCCC(F)CCCCCCC)c(F)c2)nc1. The lowest BCUT2D eigenvalue weighted by molar-refractivity contribution is 0.217. The fourth-order valence-electron chi connectivity index (χ4n) is 4.44. The van der Waals surface area contributed by atoms with Crippen molar-refractivity contribution in [1.29, 1.82) is 0 Å². The van der Waals surface area contributed by atoms with E-state index in [1.165, 1.54) is 76.7 Å². The minimum Gasteiger partial charge on any atom is -0.490 e. The van der Waals surface area contributed by atoms with Gasteiger partial charge in [-0.2, -0.15) is 0 Å². The number of hydrogen-bond acceptors (Lipinski definition) is 3. The molecule has 0 N–H and O–H groups in total. The fraction of sp³-hybridized carbons (Fsp3) is 0.677. The van der Waals surface area contributed by atoms with Gasteiger partial charge < -0.3 is 4.74 Å². The molecule has 1 aromatic carbocycles. The van der Waals surface area contributed by atoms with Crippen LogP contribution in [0.4, 0.5) is 8.78 Å². The molecule has 0 aliphatic rings. The van der Waals surface area contributed by atoms with Gasteiger partial charge in [0.1, 0.15) is 6.17 Å². The number of aryl methyl sites for hydroxylation is 1. The van der Waals surface area contributed by atoms with Crippen molar-refractivity contribution in [3.63, 3.8) is 0 Å². The zero-order valence-electron chi connectivity index (χ0n) is 22.8. The predicted octanol–water partition coefficient (Wildman–Crippen LogP) is 9.82. The van der Waals surface area contributed by atoms with Crippen molar-refractivity contribution in [3.05, 3.63) is 42.0 Å². The van der Waals surface area contributed by atoms with Gasteiger partial charge in [-0.15, -0.1) is 0 Å². The molecule has 0 fully saturated rings. The Balaban J connectivity index is 1.67. The highest BCUT2D eigenvalue weighted by Gasteiger charge is 2.11. The van der Waals surface area contributed by atoms with Crippen LogP contribution in [0.5, 0.6) is 5.75 Å². The second kappa shape index (κ2) is 19.1. The number of rotatable bonds is 21. The van der Waals surface area contributed by atoms with Crippen molar-refractivity contribution >= 4 is 0 Å². The third-order valence-corrected chi connectivity index (χ3v) is 6.77. The molecule has 1 atom stereocenters. The van der Waals surface area contributed by atoms with E-state index in [1.807, 2.05) is 12.4 Å². The highest BCUT2D eigenvalue weighted by Crippen LogP contribution is 2.24. The number of alkyl halides is 1. The van der Waals surface area contributed by atoms with Crippen molar-refractivity contribution < 1.29 is 13.5 Å². The summed E-state index contributed by atoms with van der Waals surface area (Å²) in [6.45, 7) is 4.60. The topological polar surface area (TPSA) is 35.0 Å². The first-order chi connectivity index (χ1) is 17.6. The molecule has 0 aliphatic carbocycles. The van der Waals surface area contributed by atoms with Crippen LogP contribution >= 0.6 is 0 Å². The van der Waals surface area contributed by atoms with Crippen LogP contribution in [0.3, 0.4) is 0 Å². The van der Waals surface area contributed by atoms with Crippen LogP contribution in [-0.4, -0.2) is 22.7 Å². The Morgan fingerprint density at radius 2 is 1.33 bits per heavy atom.